The van der Waals surface area contributed by atoms with Crippen LogP contribution in [0.2, 0.25) is 0 Å². The van der Waals surface area contributed by atoms with Crippen LogP contribution in [0.25, 0.3) is 27.7 Å². The van der Waals surface area contributed by atoms with Crippen LogP contribution in [0.4, 0.5) is 5.82 Å². The number of hydrogen-bond acceptors (Lipinski definition) is 7. The van der Waals surface area contributed by atoms with Crippen molar-refractivity contribution in [3.63, 3.8) is 0 Å². The van der Waals surface area contributed by atoms with Crippen molar-refractivity contribution in [2.24, 2.45) is 12.5 Å². The Morgan fingerprint density at radius 1 is 1.14 bits per heavy atom. The molecule has 36 heavy (non-hydrogen) atoms. The van der Waals surface area contributed by atoms with Gasteiger partial charge in [-0.2, -0.15) is 0 Å². The van der Waals surface area contributed by atoms with E-state index in [-0.39, 0.29) is 0 Å². The van der Waals surface area contributed by atoms with Gasteiger partial charge in [-0.15, -0.1) is 0 Å². The van der Waals surface area contributed by atoms with Crippen LogP contribution in [-0.2, 0) is 11.8 Å². The van der Waals surface area contributed by atoms with E-state index in [9.17, 15) is 4.79 Å². The number of nitrogens with two attached hydrogens (primary N) is 1. The fourth-order valence-electron chi connectivity index (χ4n) is 5.80. The number of aromatic nitrogens is 4. The summed E-state index contributed by atoms with van der Waals surface area (Å²) in [5.74, 6) is 1.15. The van der Waals surface area contributed by atoms with Gasteiger partial charge in [-0.1, -0.05) is 6.08 Å². The molecule has 3 aromatic rings. The zero-order chi connectivity index (χ0) is 24.7. The van der Waals surface area contributed by atoms with Gasteiger partial charge >= 0.3 is 0 Å². The molecule has 186 valence electrons. The van der Waals surface area contributed by atoms with E-state index in [1.54, 1.807) is 6.08 Å². The van der Waals surface area contributed by atoms with Gasteiger partial charge in [0, 0.05) is 49.7 Å². The standard InChI is InChI=1S/C28H32N6O2/c1-33-25(19-7-9-28(10-8-19)11-14-34(15-12-28)13-2-16-35)23(24-26(29)31-18-32-27(24)33)20-3-6-22(30-17-20)36-21-4-5-21/h2-3,6-7,13,16-18,21H,4-5,8-12,14-15H2,1H3,(H2,29,31,32). The number of pyridine rings is 1. The molecule has 2 N–H and O–H groups in total. The zero-order valence-electron chi connectivity index (χ0n) is 20.7. The molecule has 3 aromatic heterocycles. The normalized spacial score (nSPS) is 19.7. The number of piperidine rings is 1. The SMILES string of the molecule is Cn1c(C2=CCC3(CC2)CCN(C=CC=O)CC3)c(-c2ccc(OC3CC3)nc2)c2c(N)ncnc21. The summed E-state index contributed by atoms with van der Waals surface area (Å²) in [5, 5.41) is 0.879. The molecule has 0 radical (unpaired) electrons. The number of nitrogen functional groups attached to an aromatic ring is 1. The number of rotatable bonds is 6. The monoisotopic (exact) mass is 484 g/mol. The minimum atomic E-state index is 0.313. The third kappa shape index (κ3) is 4.14. The van der Waals surface area contributed by atoms with Gasteiger partial charge < -0.3 is 19.9 Å². The van der Waals surface area contributed by atoms with Crippen molar-refractivity contribution >= 4 is 28.7 Å². The van der Waals surface area contributed by atoms with E-state index in [1.165, 1.54) is 11.9 Å². The molecule has 6 rings (SSSR count). The number of aryl methyl sites for hydroxylation is 1. The van der Waals surface area contributed by atoms with Gasteiger partial charge in [0.05, 0.1) is 11.1 Å². The second-order valence-corrected chi connectivity index (χ2v) is 10.4. The Morgan fingerprint density at radius 3 is 2.64 bits per heavy atom. The van der Waals surface area contributed by atoms with Crippen LogP contribution in [0, 0.1) is 5.41 Å². The Morgan fingerprint density at radius 2 is 1.97 bits per heavy atom. The Kier molecular flexibility index (Phi) is 5.74. The molecule has 0 aromatic carbocycles. The zero-order valence-corrected chi connectivity index (χ0v) is 20.7. The summed E-state index contributed by atoms with van der Waals surface area (Å²) in [6.07, 6.45) is 18.2. The molecule has 2 aliphatic carbocycles. The molecule has 0 amide bonds. The van der Waals surface area contributed by atoms with E-state index in [4.69, 9.17) is 10.5 Å². The number of ether oxygens (including phenoxy) is 1. The molecule has 0 bridgehead atoms. The molecule has 4 heterocycles. The summed E-state index contributed by atoms with van der Waals surface area (Å²) in [6, 6.07) is 4.02. The lowest BCUT2D eigenvalue weighted by Gasteiger charge is -2.43. The van der Waals surface area contributed by atoms with Gasteiger partial charge in [-0.05, 0) is 68.1 Å². The predicted octanol–water partition coefficient (Wildman–Crippen LogP) is 4.52. The van der Waals surface area contributed by atoms with Crippen LogP contribution in [0.1, 0.15) is 50.6 Å². The maximum absolute atomic E-state index is 10.7. The summed E-state index contributed by atoms with van der Waals surface area (Å²) >= 11 is 0. The van der Waals surface area contributed by atoms with Gasteiger partial charge in [0.2, 0.25) is 5.88 Å². The number of hydrogen-bond donors (Lipinski definition) is 1. The second-order valence-electron chi connectivity index (χ2n) is 10.4. The third-order valence-electron chi connectivity index (χ3n) is 8.08. The number of carbonyl (C=O) groups is 1. The molecule has 1 saturated heterocycles. The van der Waals surface area contributed by atoms with Crippen LogP contribution in [0.3, 0.4) is 0 Å². The van der Waals surface area contributed by atoms with Crippen molar-refractivity contribution in [3.8, 4) is 17.0 Å². The van der Waals surface area contributed by atoms with Crippen molar-refractivity contribution in [3.05, 3.63) is 48.7 Å². The van der Waals surface area contributed by atoms with E-state index < -0.39 is 0 Å². The van der Waals surface area contributed by atoms with Crippen LogP contribution >= 0.6 is 0 Å². The van der Waals surface area contributed by atoms with Gasteiger partial charge in [0.1, 0.15) is 30.2 Å². The molecule has 8 heteroatoms. The number of allylic oxidation sites excluding steroid dienone is 3. The van der Waals surface area contributed by atoms with E-state index in [1.807, 2.05) is 18.5 Å². The Hall–Kier alpha value is -3.68. The molecule has 1 aliphatic heterocycles. The largest absolute Gasteiger partial charge is 0.474 e. The Labute approximate surface area is 210 Å². The number of anilines is 1. The summed E-state index contributed by atoms with van der Waals surface area (Å²) in [5.41, 5.74) is 12.1. The van der Waals surface area contributed by atoms with Crippen molar-refractivity contribution in [2.45, 2.75) is 51.0 Å². The lowest BCUT2D eigenvalue weighted by atomic mass is 9.68. The average molecular weight is 485 g/mol. The Bertz CT molecular complexity index is 1340. The topological polar surface area (TPSA) is 99.2 Å². The highest BCUT2D eigenvalue weighted by molar-refractivity contribution is 6.05. The third-order valence-corrected chi connectivity index (χ3v) is 8.08. The highest BCUT2D eigenvalue weighted by Crippen LogP contribution is 2.48. The van der Waals surface area contributed by atoms with E-state index in [0.29, 0.717) is 23.2 Å². The fraction of sp³-hybridized carbons (Fsp3) is 0.429. The number of carbonyl (C=O) groups excluding carboxylic acids is 1. The van der Waals surface area contributed by atoms with Crippen LogP contribution in [-0.4, -0.2) is 49.9 Å². The highest BCUT2D eigenvalue weighted by Gasteiger charge is 2.36. The van der Waals surface area contributed by atoms with Crippen LogP contribution < -0.4 is 10.5 Å². The van der Waals surface area contributed by atoms with Crippen molar-refractivity contribution in [1.82, 2.24) is 24.4 Å². The first-order valence-electron chi connectivity index (χ1n) is 12.8. The maximum Gasteiger partial charge on any atom is 0.213 e. The van der Waals surface area contributed by atoms with Crippen LogP contribution in [0.5, 0.6) is 5.88 Å². The van der Waals surface area contributed by atoms with E-state index in [2.05, 4.69) is 43.6 Å². The van der Waals surface area contributed by atoms with Gasteiger partial charge in [-0.25, -0.2) is 15.0 Å². The molecule has 0 unspecified atom stereocenters. The van der Waals surface area contributed by atoms with Crippen molar-refractivity contribution in [2.75, 3.05) is 18.8 Å². The van der Waals surface area contributed by atoms with Gasteiger partial charge in [0.15, 0.2) is 0 Å². The molecule has 1 saturated carbocycles. The smallest absolute Gasteiger partial charge is 0.213 e. The first-order chi connectivity index (χ1) is 17.6. The average Bonchev–Trinajstić information content (AvgIpc) is 3.67. The number of fused-ring (bicyclic) bond motifs is 1. The molecule has 8 nitrogen and oxygen atoms in total. The number of likely N-dealkylation sites (tertiary alicyclic amines) is 1. The lowest BCUT2D eigenvalue weighted by Crippen LogP contribution is -2.38. The Balaban J connectivity index is 1.34. The highest BCUT2D eigenvalue weighted by atomic mass is 16.5. The number of aldehydes is 1. The quantitative estimate of drug-likeness (QED) is 0.406. The van der Waals surface area contributed by atoms with E-state index >= 15 is 0 Å². The fourth-order valence-corrected chi connectivity index (χ4v) is 5.80. The molecule has 2 fully saturated rings. The van der Waals surface area contributed by atoms with Crippen molar-refractivity contribution < 1.29 is 9.53 Å². The molecular formula is C28H32N6O2. The minimum Gasteiger partial charge on any atom is -0.474 e. The van der Waals surface area contributed by atoms with Gasteiger partial charge in [-0.3, -0.25) is 4.79 Å². The summed E-state index contributed by atoms with van der Waals surface area (Å²) in [4.78, 5) is 26.4. The van der Waals surface area contributed by atoms with Crippen LogP contribution in [0.15, 0.2) is 43.0 Å². The second kappa shape index (κ2) is 9.08. The molecule has 3 aliphatic rings. The predicted molar refractivity (Wildman–Crippen MR) is 140 cm³/mol. The summed E-state index contributed by atoms with van der Waals surface area (Å²) < 4.78 is 8.03. The van der Waals surface area contributed by atoms with Gasteiger partial charge in [0.25, 0.3) is 0 Å². The van der Waals surface area contributed by atoms with E-state index in [0.717, 1.165) is 92.2 Å². The van der Waals surface area contributed by atoms with Crippen molar-refractivity contribution in [1.29, 1.82) is 0 Å². The first kappa shape index (κ1) is 22.8. The minimum absolute atomic E-state index is 0.313. The molecule has 1 spiro atoms. The summed E-state index contributed by atoms with van der Waals surface area (Å²) in [7, 11) is 2.06. The molecular weight excluding hydrogens is 452 g/mol. The lowest BCUT2D eigenvalue weighted by molar-refractivity contribution is -0.104. The first-order valence-corrected chi connectivity index (χ1v) is 12.8. The molecule has 0 atom stereocenters. The number of nitrogens with zero attached hydrogens (tertiary/aromatic N) is 5. The maximum atomic E-state index is 10.7. The summed E-state index contributed by atoms with van der Waals surface area (Å²) in [6.45, 7) is 2.00.